The van der Waals surface area contributed by atoms with Crippen molar-refractivity contribution in [1.82, 2.24) is 0 Å². The van der Waals surface area contributed by atoms with Crippen molar-refractivity contribution in [3.8, 4) is 0 Å². The molecular formula is C12H21NO. The summed E-state index contributed by atoms with van der Waals surface area (Å²) in [5.74, 6) is 1.32. The molecule has 2 heteroatoms. The fraction of sp³-hybridized carbons (Fsp3) is 0.917. The van der Waals surface area contributed by atoms with E-state index in [1.54, 1.807) is 0 Å². The van der Waals surface area contributed by atoms with E-state index in [1.165, 1.54) is 6.42 Å². The summed E-state index contributed by atoms with van der Waals surface area (Å²) in [5, 5.41) is 0. The Balaban J connectivity index is 2.31. The Hall–Kier alpha value is -0.530. The van der Waals surface area contributed by atoms with Gasteiger partial charge in [0.15, 0.2) is 0 Å². The normalized spacial score (nSPS) is 42.7. The minimum Gasteiger partial charge on any atom is -0.369 e. The summed E-state index contributed by atoms with van der Waals surface area (Å²) in [4.78, 5) is 11.5. The van der Waals surface area contributed by atoms with E-state index in [1.807, 2.05) is 0 Å². The highest BCUT2D eigenvalue weighted by Crippen LogP contribution is 2.66. The van der Waals surface area contributed by atoms with Gasteiger partial charge in [0.25, 0.3) is 0 Å². The van der Waals surface area contributed by atoms with Crippen molar-refractivity contribution >= 4 is 5.91 Å². The predicted molar refractivity (Wildman–Crippen MR) is 56.5 cm³/mol. The molecule has 0 aromatic rings. The Bertz CT molecular complexity index is 280. The molecule has 14 heavy (non-hydrogen) atoms. The van der Waals surface area contributed by atoms with Crippen molar-refractivity contribution in [3.63, 3.8) is 0 Å². The summed E-state index contributed by atoms with van der Waals surface area (Å²) in [5.41, 5.74) is 6.00. The van der Waals surface area contributed by atoms with Gasteiger partial charge in [-0.05, 0) is 35.5 Å². The van der Waals surface area contributed by atoms with Gasteiger partial charge in [0.1, 0.15) is 0 Å². The van der Waals surface area contributed by atoms with E-state index in [-0.39, 0.29) is 17.2 Å². The Morgan fingerprint density at radius 2 is 1.86 bits per heavy atom. The first kappa shape index (κ1) is 10.0. The molecule has 3 rings (SSSR count). The summed E-state index contributed by atoms with van der Waals surface area (Å²) in [6, 6.07) is 0. The lowest BCUT2D eigenvalue weighted by molar-refractivity contribution is -0.175. The maximum absolute atomic E-state index is 11.5. The molecule has 2 bridgehead atoms. The molecule has 3 saturated carbocycles. The first-order valence-corrected chi connectivity index (χ1v) is 5.56. The van der Waals surface area contributed by atoms with Gasteiger partial charge in [-0.15, -0.1) is 0 Å². The van der Waals surface area contributed by atoms with Crippen molar-refractivity contribution in [2.75, 3.05) is 0 Å². The van der Waals surface area contributed by atoms with E-state index in [9.17, 15) is 4.79 Å². The van der Waals surface area contributed by atoms with Crippen LogP contribution in [-0.4, -0.2) is 5.91 Å². The molecule has 1 amide bonds. The molecule has 3 aliphatic rings. The van der Waals surface area contributed by atoms with E-state index in [2.05, 4.69) is 27.7 Å². The Kier molecular flexibility index (Phi) is 1.81. The molecule has 0 radical (unpaired) electrons. The SMILES string of the molecule is CC1(C)CC2CC(C1C(N)=O)C2(C)C. The monoisotopic (exact) mass is 195 g/mol. The van der Waals surface area contributed by atoms with Crippen LogP contribution in [0.1, 0.15) is 40.5 Å². The van der Waals surface area contributed by atoms with Gasteiger partial charge in [0.2, 0.25) is 5.91 Å². The minimum absolute atomic E-state index is 0.0856. The molecule has 0 spiro atoms. The van der Waals surface area contributed by atoms with E-state index < -0.39 is 0 Å². The average molecular weight is 195 g/mol. The second kappa shape index (κ2) is 2.53. The van der Waals surface area contributed by atoms with Gasteiger partial charge in [-0.25, -0.2) is 0 Å². The van der Waals surface area contributed by atoms with Crippen molar-refractivity contribution in [2.45, 2.75) is 40.5 Å². The van der Waals surface area contributed by atoms with Gasteiger partial charge in [0, 0.05) is 5.92 Å². The number of rotatable bonds is 1. The van der Waals surface area contributed by atoms with Gasteiger partial charge in [0.05, 0.1) is 0 Å². The van der Waals surface area contributed by atoms with Crippen LogP contribution in [0.4, 0.5) is 0 Å². The largest absolute Gasteiger partial charge is 0.369 e. The smallest absolute Gasteiger partial charge is 0.221 e. The van der Waals surface area contributed by atoms with E-state index in [0.29, 0.717) is 11.3 Å². The maximum Gasteiger partial charge on any atom is 0.221 e. The zero-order chi connectivity index (χ0) is 10.7. The van der Waals surface area contributed by atoms with Crippen LogP contribution in [0.15, 0.2) is 0 Å². The lowest BCUT2D eigenvalue weighted by Crippen LogP contribution is -2.61. The highest BCUT2D eigenvalue weighted by molar-refractivity contribution is 5.78. The number of primary amides is 1. The van der Waals surface area contributed by atoms with E-state index in [0.717, 1.165) is 12.3 Å². The zero-order valence-electron chi connectivity index (χ0n) is 9.63. The molecule has 0 aliphatic heterocycles. The summed E-state index contributed by atoms with van der Waals surface area (Å²) < 4.78 is 0. The quantitative estimate of drug-likeness (QED) is 0.684. The van der Waals surface area contributed by atoms with Gasteiger partial charge < -0.3 is 5.73 Å². The van der Waals surface area contributed by atoms with Crippen LogP contribution in [0.3, 0.4) is 0 Å². The minimum atomic E-state index is -0.0915. The van der Waals surface area contributed by atoms with Gasteiger partial charge in [-0.1, -0.05) is 27.7 Å². The lowest BCUT2D eigenvalue weighted by Gasteiger charge is -2.64. The Morgan fingerprint density at radius 3 is 2.21 bits per heavy atom. The van der Waals surface area contributed by atoms with E-state index >= 15 is 0 Å². The maximum atomic E-state index is 11.5. The first-order valence-electron chi connectivity index (χ1n) is 5.56. The molecule has 0 heterocycles. The van der Waals surface area contributed by atoms with Crippen LogP contribution in [0, 0.1) is 28.6 Å². The van der Waals surface area contributed by atoms with Crippen LogP contribution >= 0.6 is 0 Å². The van der Waals surface area contributed by atoms with Crippen molar-refractivity contribution in [2.24, 2.45) is 34.3 Å². The molecular weight excluding hydrogens is 174 g/mol. The number of carbonyl (C=O) groups is 1. The number of carbonyl (C=O) groups excluding carboxylic acids is 1. The molecule has 3 atom stereocenters. The van der Waals surface area contributed by atoms with Crippen LogP contribution in [0.25, 0.3) is 0 Å². The third-order valence-electron chi connectivity index (χ3n) is 4.87. The number of nitrogens with two attached hydrogens (primary N) is 1. The number of hydrogen-bond donors (Lipinski definition) is 1. The molecule has 3 unspecified atom stereocenters. The lowest BCUT2D eigenvalue weighted by atomic mass is 9.40. The Labute approximate surface area is 86.2 Å². The molecule has 2 N–H and O–H groups in total. The predicted octanol–water partition coefficient (Wildman–Crippen LogP) is 2.18. The molecule has 2 nitrogen and oxygen atoms in total. The first-order chi connectivity index (χ1) is 6.27. The summed E-state index contributed by atoms with van der Waals surface area (Å²) in [6.45, 7) is 8.96. The zero-order valence-corrected chi connectivity index (χ0v) is 9.63. The summed E-state index contributed by atoms with van der Waals surface area (Å²) in [6.07, 6.45) is 2.37. The van der Waals surface area contributed by atoms with E-state index in [4.69, 9.17) is 5.73 Å². The van der Waals surface area contributed by atoms with Crippen molar-refractivity contribution < 1.29 is 4.79 Å². The van der Waals surface area contributed by atoms with Gasteiger partial charge in [-0.2, -0.15) is 0 Å². The summed E-state index contributed by atoms with van der Waals surface area (Å²) >= 11 is 0. The second-order valence-corrected chi connectivity index (χ2v) is 6.43. The Morgan fingerprint density at radius 1 is 1.29 bits per heavy atom. The average Bonchev–Trinajstić information content (AvgIpc) is 2.01. The van der Waals surface area contributed by atoms with Gasteiger partial charge in [-0.3, -0.25) is 4.79 Å². The molecule has 3 aliphatic carbocycles. The topological polar surface area (TPSA) is 43.1 Å². The molecule has 80 valence electrons. The standard InChI is InChI=1S/C12H21NO/c1-11(2)6-7-5-8(12(7,3)4)9(11)10(13)14/h7-9H,5-6H2,1-4H3,(H2,13,14). The fourth-order valence-corrected chi connectivity index (χ4v) is 3.86. The number of fused-ring (bicyclic) bond motifs is 2. The van der Waals surface area contributed by atoms with Crippen LogP contribution in [0.2, 0.25) is 0 Å². The van der Waals surface area contributed by atoms with Gasteiger partial charge >= 0.3 is 0 Å². The third-order valence-corrected chi connectivity index (χ3v) is 4.87. The number of amides is 1. The highest BCUT2D eigenvalue weighted by atomic mass is 16.1. The third kappa shape index (κ3) is 1.06. The van der Waals surface area contributed by atoms with Crippen molar-refractivity contribution in [3.05, 3.63) is 0 Å². The highest BCUT2D eigenvalue weighted by Gasteiger charge is 2.61. The molecule has 0 saturated heterocycles. The second-order valence-electron chi connectivity index (χ2n) is 6.43. The van der Waals surface area contributed by atoms with Crippen LogP contribution < -0.4 is 5.73 Å². The van der Waals surface area contributed by atoms with Crippen molar-refractivity contribution in [1.29, 1.82) is 0 Å². The fourth-order valence-electron chi connectivity index (χ4n) is 3.86. The summed E-state index contributed by atoms with van der Waals surface area (Å²) in [7, 11) is 0. The van der Waals surface area contributed by atoms with Crippen LogP contribution in [-0.2, 0) is 4.79 Å². The number of hydrogen-bond acceptors (Lipinski definition) is 1. The molecule has 0 aromatic carbocycles. The molecule has 0 aromatic heterocycles. The molecule has 3 fully saturated rings. The van der Waals surface area contributed by atoms with Crippen LogP contribution in [0.5, 0.6) is 0 Å².